The summed E-state index contributed by atoms with van der Waals surface area (Å²) in [6.07, 6.45) is 0.413. The number of esters is 1. The number of benzene rings is 2. The van der Waals surface area contributed by atoms with Crippen molar-refractivity contribution < 1.29 is 9.53 Å². The Morgan fingerprint density at radius 3 is 2.35 bits per heavy atom. The van der Waals surface area contributed by atoms with E-state index in [0.717, 1.165) is 5.56 Å². The van der Waals surface area contributed by atoms with Gasteiger partial charge in [-0.25, -0.2) is 0 Å². The maximum absolute atomic E-state index is 11.8. The van der Waals surface area contributed by atoms with Crippen LogP contribution in [0.1, 0.15) is 36.0 Å². The highest BCUT2D eigenvalue weighted by Gasteiger charge is 2.12. The number of carbonyl (C=O) groups is 1. The van der Waals surface area contributed by atoms with E-state index in [9.17, 15) is 4.79 Å². The van der Waals surface area contributed by atoms with E-state index < -0.39 is 0 Å². The molecule has 2 nitrogen and oxygen atoms in total. The van der Waals surface area contributed by atoms with Crippen LogP contribution in [0.2, 0.25) is 0 Å². The van der Waals surface area contributed by atoms with Crippen LogP contribution in [0.25, 0.3) is 0 Å². The van der Waals surface area contributed by atoms with E-state index in [1.165, 1.54) is 11.1 Å². The van der Waals surface area contributed by atoms with Gasteiger partial charge in [-0.1, -0.05) is 67.1 Å². The predicted octanol–water partition coefficient (Wildman–Crippen LogP) is 4.23. The molecule has 0 aromatic heterocycles. The molecule has 0 spiro atoms. The number of hydrogen-bond acceptors (Lipinski definition) is 2. The molecule has 0 amide bonds. The van der Waals surface area contributed by atoms with Gasteiger partial charge in [0.05, 0.1) is 6.42 Å². The van der Waals surface area contributed by atoms with Crippen molar-refractivity contribution in [2.24, 2.45) is 0 Å². The standard InChI is InChI=1S/C18H20O2/c1-14-8-10-17(11-9-14)15(2)12-18(19)20-13-16-6-4-3-5-7-16/h3-11,15H,12-13H2,1-2H3/t15-/m0/s1. The van der Waals surface area contributed by atoms with Gasteiger partial charge in [-0.2, -0.15) is 0 Å². The first kappa shape index (κ1) is 14.3. The summed E-state index contributed by atoms with van der Waals surface area (Å²) in [4.78, 5) is 11.8. The Balaban J connectivity index is 1.83. The molecule has 1 atom stereocenters. The molecule has 0 fully saturated rings. The molecule has 0 saturated heterocycles. The molecule has 104 valence electrons. The molecule has 0 aliphatic heterocycles. The second kappa shape index (κ2) is 6.90. The summed E-state index contributed by atoms with van der Waals surface area (Å²) in [6, 6.07) is 18.0. The van der Waals surface area contributed by atoms with Crippen molar-refractivity contribution in [2.45, 2.75) is 32.8 Å². The highest BCUT2D eigenvalue weighted by Crippen LogP contribution is 2.20. The van der Waals surface area contributed by atoms with E-state index in [2.05, 4.69) is 38.1 Å². The second-order valence-corrected chi connectivity index (χ2v) is 5.16. The maximum Gasteiger partial charge on any atom is 0.306 e. The minimum absolute atomic E-state index is 0.151. The minimum Gasteiger partial charge on any atom is -0.461 e. The van der Waals surface area contributed by atoms with Crippen LogP contribution in [0.4, 0.5) is 0 Å². The van der Waals surface area contributed by atoms with Crippen molar-refractivity contribution in [1.82, 2.24) is 0 Å². The zero-order valence-electron chi connectivity index (χ0n) is 12.0. The first-order valence-corrected chi connectivity index (χ1v) is 6.91. The molecule has 0 aliphatic rings. The molecule has 0 aliphatic carbocycles. The van der Waals surface area contributed by atoms with Crippen LogP contribution < -0.4 is 0 Å². The lowest BCUT2D eigenvalue weighted by molar-refractivity contribution is -0.145. The van der Waals surface area contributed by atoms with Crippen LogP contribution in [0.3, 0.4) is 0 Å². The van der Waals surface area contributed by atoms with Crippen molar-refractivity contribution in [3.8, 4) is 0 Å². The van der Waals surface area contributed by atoms with Gasteiger partial charge in [0.15, 0.2) is 0 Å². The number of carbonyl (C=O) groups excluding carboxylic acids is 1. The summed E-state index contributed by atoms with van der Waals surface area (Å²) >= 11 is 0. The Morgan fingerprint density at radius 2 is 1.70 bits per heavy atom. The fraction of sp³-hybridized carbons (Fsp3) is 0.278. The lowest BCUT2D eigenvalue weighted by Gasteiger charge is -2.12. The van der Waals surface area contributed by atoms with Gasteiger partial charge in [-0.15, -0.1) is 0 Å². The van der Waals surface area contributed by atoms with Crippen molar-refractivity contribution in [1.29, 1.82) is 0 Å². The number of hydrogen-bond donors (Lipinski definition) is 0. The van der Waals surface area contributed by atoms with E-state index in [0.29, 0.717) is 13.0 Å². The van der Waals surface area contributed by atoms with Gasteiger partial charge in [0.1, 0.15) is 6.61 Å². The van der Waals surface area contributed by atoms with Crippen LogP contribution in [0, 0.1) is 6.92 Å². The van der Waals surface area contributed by atoms with Gasteiger partial charge in [-0.05, 0) is 24.0 Å². The van der Waals surface area contributed by atoms with Crippen LogP contribution in [0.5, 0.6) is 0 Å². The Labute approximate surface area is 120 Å². The summed E-state index contributed by atoms with van der Waals surface area (Å²) in [6.45, 7) is 4.46. The Bertz CT molecular complexity index is 543. The first-order valence-electron chi connectivity index (χ1n) is 6.91. The Kier molecular flexibility index (Phi) is 4.94. The quantitative estimate of drug-likeness (QED) is 0.758. The molecule has 20 heavy (non-hydrogen) atoms. The van der Waals surface area contributed by atoms with Crippen molar-refractivity contribution in [3.05, 3.63) is 71.3 Å². The van der Waals surface area contributed by atoms with Gasteiger partial charge in [-0.3, -0.25) is 4.79 Å². The average molecular weight is 268 g/mol. The molecule has 0 radical (unpaired) electrons. The van der Waals surface area contributed by atoms with E-state index in [1.807, 2.05) is 30.3 Å². The number of ether oxygens (including phenoxy) is 1. The summed E-state index contributed by atoms with van der Waals surface area (Å²) in [5, 5.41) is 0. The van der Waals surface area contributed by atoms with Crippen LogP contribution >= 0.6 is 0 Å². The van der Waals surface area contributed by atoms with Gasteiger partial charge in [0.25, 0.3) is 0 Å². The zero-order valence-corrected chi connectivity index (χ0v) is 12.0. The first-order chi connectivity index (χ1) is 9.65. The van der Waals surface area contributed by atoms with Crippen molar-refractivity contribution >= 4 is 5.97 Å². The van der Waals surface area contributed by atoms with E-state index >= 15 is 0 Å². The van der Waals surface area contributed by atoms with Gasteiger partial charge < -0.3 is 4.74 Å². The van der Waals surface area contributed by atoms with Crippen molar-refractivity contribution in [2.75, 3.05) is 0 Å². The molecule has 2 heteroatoms. The third-order valence-corrected chi connectivity index (χ3v) is 3.36. The summed E-state index contributed by atoms with van der Waals surface area (Å²) in [5.41, 5.74) is 3.42. The number of aryl methyl sites for hydroxylation is 1. The Morgan fingerprint density at radius 1 is 1.05 bits per heavy atom. The normalized spacial score (nSPS) is 11.9. The fourth-order valence-corrected chi connectivity index (χ4v) is 2.06. The van der Waals surface area contributed by atoms with Gasteiger partial charge >= 0.3 is 5.97 Å². The van der Waals surface area contributed by atoms with Crippen LogP contribution in [-0.4, -0.2) is 5.97 Å². The zero-order chi connectivity index (χ0) is 14.4. The molecule has 0 N–H and O–H groups in total. The minimum atomic E-state index is -0.151. The highest BCUT2D eigenvalue weighted by atomic mass is 16.5. The molecule has 0 heterocycles. The highest BCUT2D eigenvalue weighted by molar-refractivity contribution is 5.70. The molecular weight excluding hydrogens is 248 g/mol. The largest absolute Gasteiger partial charge is 0.461 e. The Hall–Kier alpha value is -2.09. The summed E-state index contributed by atoms with van der Waals surface area (Å²) in [7, 11) is 0. The fourth-order valence-electron chi connectivity index (χ4n) is 2.06. The molecule has 2 aromatic rings. The molecule has 2 aromatic carbocycles. The third kappa shape index (κ3) is 4.23. The summed E-state index contributed by atoms with van der Waals surface area (Å²) in [5.74, 6) is 0.0285. The summed E-state index contributed by atoms with van der Waals surface area (Å²) < 4.78 is 5.31. The SMILES string of the molecule is Cc1ccc([C@@H](C)CC(=O)OCc2ccccc2)cc1. The van der Waals surface area contributed by atoms with Crippen LogP contribution in [0.15, 0.2) is 54.6 Å². The maximum atomic E-state index is 11.8. The van der Waals surface area contributed by atoms with E-state index in [4.69, 9.17) is 4.74 Å². The third-order valence-electron chi connectivity index (χ3n) is 3.36. The lowest BCUT2D eigenvalue weighted by Crippen LogP contribution is -2.08. The molecule has 0 saturated carbocycles. The van der Waals surface area contributed by atoms with Crippen LogP contribution in [-0.2, 0) is 16.1 Å². The van der Waals surface area contributed by atoms with Crippen molar-refractivity contribution in [3.63, 3.8) is 0 Å². The molecule has 2 rings (SSSR count). The van der Waals surface area contributed by atoms with E-state index in [1.54, 1.807) is 0 Å². The lowest BCUT2D eigenvalue weighted by atomic mass is 9.97. The number of rotatable bonds is 5. The van der Waals surface area contributed by atoms with Gasteiger partial charge in [0.2, 0.25) is 0 Å². The molecule has 0 bridgehead atoms. The smallest absolute Gasteiger partial charge is 0.306 e. The molecule has 0 unspecified atom stereocenters. The second-order valence-electron chi connectivity index (χ2n) is 5.16. The topological polar surface area (TPSA) is 26.3 Å². The predicted molar refractivity (Wildman–Crippen MR) is 80.4 cm³/mol. The van der Waals surface area contributed by atoms with Gasteiger partial charge in [0, 0.05) is 0 Å². The average Bonchev–Trinajstić information content (AvgIpc) is 2.47. The monoisotopic (exact) mass is 268 g/mol. The van der Waals surface area contributed by atoms with E-state index in [-0.39, 0.29) is 11.9 Å². The molecular formula is C18H20O2.